The number of benzene rings is 1. The molecule has 2 amide bonds. The third kappa shape index (κ3) is 2.45. The van der Waals surface area contributed by atoms with Crippen molar-refractivity contribution in [1.29, 1.82) is 0 Å². The Kier molecular flexibility index (Phi) is 3.10. The van der Waals surface area contributed by atoms with Gasteiger partial charge in [-0.1, -0.05) is 30.3 Å². The van der Waals surface area contributed by atoms with Crippen LogP contribution in [0, 0.1) is 0 Å². The maximum absolute atomic E-state index is 11.9. The molecule has 0 saturated heterocycles. The van der Waals surface area contributed by atoms with Gasteiger partial charge in [0.25, 0.3) is 5.91 Å². The van der Waals surface area contributed by atoms with E-state index in [9.17, 15) is 9.59 Å². The van der Waals surface area contributed by atoms with Crippen LogP contribution in [0.5, 0.6) is 0 Å². The Bertz CT molecular complexity index is 427. The zero-order valence-corrected chi connectivity index (χ0v) is 9.31. The molecule has 1 aliphatic rings. The minimum atomic E-state index is -0.616. The summed E-state index contributed by atoms with van der Waals surface area (Å²) < 4.78 is 0. The molecule has 1 fully saturated rings. The Balaban J connectivity index is 1.97. The Hall–Kier alpha value is -1.88. The van der Waals surface area contributed by atoms with Crippen molar-refractivity contribution in [1.82, 2.24) is 5.48 Å². The van der Waals surface area contributed by atoms with Crippen LogP contribution in [0.2, 0.25) is 0 Å². The molecule has 0 heterocycles. The second kappa shape index (κ2) is 4.55. The second-order valence-corrected chi connectivity index (χ2v) is 4.13. The maximum atomic E-state index is 11.9. The summed E-state index contributed by atoms with van der Waals surface area (Å²) in [6.45, 7) is -0.309. The van der Waals surface area contributed by atoms with Crippen LogP contribution in [0.25, 0.3) is 0 Å². The van der Waals surface area contributed by atoms with Gasteiger partial charge in [-0.2, -0.15) is 0 Å². The SMILES string of the molecule is NC(=O)CONC(=O)C1(c2ccccc2)CC1. The zero-order chi connectivity index (χ0) is 12.3. The van der Waals surface area contributed by atoms with E-state index in [1.54, 1.807) is 0 Å². The van der Waals surface area contributed by atoms with Crippen molar-refractivity contribution in [3.63, 3.8) is 0 Å². The highest BCUT2D eigenvalue weighted by Crippen LogP contribution is 2.48. The summed E-state index contributed by atoms with van der Waals surface area (Å²) in [4.78, 5) is 27.1. The molecule has 1 aromatic carbocycles. The number of nitrogens with one attached hydrogen (secondary N) is 1. The number of amides is 2. The van der Waals surface area contributed by atoms with E-state index in [2.05, 4.69) is 5.48 Å². The second-order valence-electron chi connectivity index (χ2n) is 4.13. The summed E-state index contributed by atoms with van der Waals surface area (Å²) in [6.07, 6.45) is 1.59. The van der Waals surface area contributed by atoms with E-state index in [0.717, 1.165) is 18.4 Å². The predicted molar refractivity (Wildman–Crippen MR) is 60.6 cm³/mol. The molecule has 3 N–H and O–H groups in total. The number of carbonyl (C=O) groups excluding carboxylic acids is 2. The van der Waals surface area contributed by atoms with Crippen molar-refractivity contribution < 1.29 is 14.4 Å². The van der Waals surface area contributed by atoms with E-state index in [4.69, 9.17) is 10.6 Å². The third-order valence-corrected chi connectivity index (χ3v) is 2.89. The first kappa shape index (κ1) is 11.6. The maximum Gasteiger partial charge on any atom is 0.254 e. The van der Waals surface area contributed by atoms with Crippen molar-refractivity contribution in [2.45, 2.75) is 18.3 Å². The smallest absolute Gasteiger partial charge is 0.254 e. The lowest BCUT2D eigenvalue weighted by Gasteiger charge is -2.14. The minimum Gasteiger partial charge on any atom is -0.368 e. The normalized spacial score (nSPS) is 16.2. The molecule has 0 aromatic heterocycles. The van der Waals surface area contributed by atoms with Gasteiger partial charge in [-0.3, -0.25) is 14.4 Å². The van der Waals surface area contributed by atoms with Crippen molar-refractivity contribution in [2.75, 3.05) is 6.61 Å². The molecular formula is C12H14N2O3. The summed E-state index contributed by atoms with van der Waals surface area (Å²) >= 11 is 0. The van der Waals surface area contributed by atoms with E-state index in [0.29, 0.717) is 0 Å². The quantitative estimate of drug-likeness (QED) is 0.716. The van der Waals surface area contributed by atoms with Gasteiger partial charge in [0.1, 0.15) is 0 Å². The van der Waals surface area contributed by atoms with Gasteiger partial charge in [0, 0.05) is 0 Å². The van der Waals surface area contributed by atoms with Crippen LogP contribution in [0.1, 0.15) is 18.4 Å². The molecular weight excluding hydrogens is 220 g/mol. The lowest BCUT2D eigenvalue weighted by molar-refractivity contribution is -0.140. The fourth-order valence-corrected chi connectivity index (χ4v) is 1.80. The van der Waals surface area contributed by atoms with Crippen LogP contribution < -0.4 is 11.2 Å². The van der Waals surface area contributed by atoms with Gasteiger partial charge in [0.15, 0.2) is 6.61 Å². The number of carbonyl (C=O) groups is 2. The predicted octanol–water partition coefficient (Wildman–Crippen LogP) is 0.251. The van der Waals surface area contributed by atoms with Crippen molar-refractivity contribution in [3.8, 4) is 0 Å². The highest BCUT2D eigenvalue weighted by Gasteiger charge is 2.51. The Morgan fingerprint density at radius 3 is 2.47 bits per heavy atom. The van der Waals surface area contributed by atoms with Gasteiger partial charge in [0.2, 0.25) is 5.91 Å². The molecule has 1 aliphatic carbocycles. The molecule has 0 unspecified atom stereocenters. The van der Waals surface area contributed by atoms with Crippen LogP contribution >= 0.6 is 0 Å². The van der Waals surface area contributed by atoms with Crippen LogP contribution in [-0.4, -0.2) is 18.4 Å². The summed E-state index contributed by atoms with van der Waals surface area (Å²) in [7, 11) is 0. The molecule has 90 valence electrons. The van der Waals surface area contributed by atoms with Gasteiger partial charge >= 0.3 is 0 Å². The fraction of sp³-hybridized carbons (Fsp3) is 0.333. The molecule has 17 heavy (non-hydrogen) atoms. The molecule has 0 atom stereocenters. The molecule has 0 bridgehead atoms. The topological polar surface area (TPSA) is 81.4 Å². The Morgan fingerprint density at radius 1 is 1.29 bits per heavy atom. The molecule has 5 nitrogen and oxygen atoms in total. The largest absolute Gasteiger partial charge is 0.368 e. The number of nitrogens with two attached hydrogens (primary N) is 1. The van der Waals surface area contributed by atoms with E-state index >= 15 is 0 Å². The molecule has 0 radical (unpaired) electrons. The lowest BCUT2D eigenvalue weighted by atomic mass is 9.95. The molecule has 2 rings (SSSR count). The van der Waals surface area contributed by atoms with Gasteiger partial charge < -0.3 is 5.73 Å². The van der Waals surface area contributed by atoms with Crippen molar-refractivity contribution in [2.24, 2.45) is 5.73 Å². The first-order valence-corrected chi connectivity index (χ1v) is 5.41. The average molecular weight is 234 g/mol. The fourth-order valence-electron chi connectivity index (χ4n) is 1.80. The number of hydroxylamine groups is 1. The summed E-state index contributed by atoms with van der Waals surface area (Å²) in [5, 5.41) is 0. The Labute approximate surface area is 98.9 Å². The molecule has 1 saturated carbocycles. The molecule has 0 aliphatic heterocycles. The average Bonchev–Trinajstić information content (AvgIpc) is 3.11. The monoisotopic (exact) mass is 234 g/mol. The van der Waals surface area contributed by atoms with E-state index in [-0.39, 0.29) is 12.5 Å². The summed E-state index contributed by atoms with van der Waals surface area (Å²) in [6, 6.07) is 9.53. The van der Waals surface area contributed by atoms with Gasteiger partial charge in [-0.15, -0.1) is 0 Å². The van der Waals surface area contributed by atoms with Crippen LogP contribution in [0.4, 0.5) is 0 Å². The molecule has 5 heteroatoms. The molecule has 1 aromatic rings. The highest BCUT2D eigenvalue weighted by molar-refractivity contribution is 5.90. The third-order valence-electron chi connectivity index (χ3n) is 2.89. The zero-order valence-electron chi connectivity index (χ0n) is 9.31. The lowest BCUT2D eigenvalue weighted by Crippen LogP contribution is -2.36. The minimum absolute atomic E-state index is 0.218. The number of hydrogen-bond donors (Lipinski definition) is 2. The van der Waals surface area contributed by atoms with E-state index in [1.165, 1.54) is 0 Å². The van der Waals surface area contributed by atoms with Crippen LogP contribution in [0.15, 0.2) is 30.3 Å². The number of primary amides is 1. The van der Waals surface area contributed by atoms with Gasteiger partial charge in [-0.05, 0) is 18.4 Å². The van der Waals surface area contributed by atoms with E-state index < -0.39 is 11.3 Å². The highest BCUT2D eigenvalue weighted by atomic mass is 16.7. The van der Waals surface area contributed by atoms with Crippen molar-refractivity contribution >= 4 is 11.8 Å². The van der Waals surface area contributed by atoms with Crippen LogP contribution in [0.3, 0.4) is 0 Å². The number of hydrogen-bond acceptors (Lipinski definition) is 3. The first-order valence-electron chi connectivity index (χ1n) is 5.41. The Morgan fingerprint density at radius 2 is 1.94 bits per heavy atom. The van der Waals surface area contributed by atoms with Gasteiger partial charge in [0.05, 0.1) is 5.41 Å². The standard InChI is InChI=1S/C12H14N2O3/c13-10(15)8-17-14-11(16)12(6-7-12)9-4-2-1-3-5-9/h1-5H,6-8H2,(H2,13,15)(H,14,16). The van der Waals surface area contributed by atoms with Crippen molar-refractivity contribution in [3.05, 3.63) is 35.9 Å². The number of rotatable bonds is 5. The summed E-state index contributed by atoms with van der Waals surface area (Å²) in [5.41, 5.74) is 7.66. The molecule has 0 spiro atoms. The van der Waals surface area contributed by atoms with Crippen LogP contribution in [-0.2, 0) is 19.8 Å². The van der Waals surface area contributed by atoms with Gasteiger partial charge in [-0.25, -0.2) is 5.48 Å². The summed E-state index contributed by atoms with van der Waals surface area (Å²) in [5.74, 6) is -0.834. The van der Waals surface area contributed by atoms with E-state index in [1.807, 2.05) is 30.3 Å². The first-order chi connectivity index (χ1) is 8.15.